The van der Waals surface area contributed by atoms with E-state index in [-0.39, 0.29) is 22.7 Å². The molecule has 1 aromatic carbocycles. The Morgan fingerprint density at radius 2 is 2.22 bits per heavy atom. The van der Waals surface area contributed by atoms with Crippen molar-refractivity contribution in [3.8, 4) is 0 Å². The topological polar surface area (TPSA) is 75.3 Å². The standard InChI is InChI=1S/C13H17FN2O2/c1-13(2)10(6-11(13)17)16-12(18)8-4-3-7(15)5-9(8)14/h3-5,10-11,17H,6,15H2,1-2H3,(H,16,18). The number of nitrogen functional groups attached to an aromatic ring is 1. The number of nitrogens with two attached hydrogens (primary N) is 1. The Labute approximate surface area is 105 Å². The molecule has 1 saturated carbocycles. The molecule has 0 aromatic heterocycles. The summed E-state index contributed by atoms with van der Waals surface area (Å²) in [5.41, 5.74) is 5.30. The van der Waals surface area contributed by atoms with Crippen molar-refractivity contribution in [2.75, 3.05) is 5.73 Å². The molecule has 2 unspecified atom stereocenters. The molecule has 0 saturated heterocycles. The Bertz CT molecular complexity index is 488. The van der Waals surface area contributed by atoms with Crippen LogP contribution < -0.4 is 11.1 Å². The van der Waals surface area contributed by atoms with Gasteiger partial charge in [0.2, 0.25) is 0 Å². The molecule has 0 bridgehead atoms. The van der Waals surface area contributed by atoms with Crippen molar-refractivity contribution in [3.05, 3.63) is 29.6 Å². The summed E-state index contributed by atoms with van der Waals surface area (Å²) in [6.07, 6.45) is 0.0639. The first-order valence-electron chi connectivity index (χ1n) is 5.86. The minimum atomic E-state index is -0.634. The second kappa shape index (κ2) is 4.24. The Balaban J connectivity index is 2.09. The van der Waals surface area contributed by atoms with Crippen LogP contribution in [0.4, 0.5) is 10.1 Å². The van der Waals surface area contributed by atoms with Crippen LogP contribution in [0.2, 0.25) is 0 Å². The monoisotopic (exact) mass is 252 g/mol. The van der Waals surface area contributed by atoms with Crippen LogP contribution in [0, 0.1) is 11.2 Å². The fraction of sp³-hybridized carbons (Fsp3) is 0.462. The first-order chi connectivity index (χ1) is 8.32. The number of halogens is 1. The number of hydrogen-bond acceptors (Lipinski definition) is 3. The highest BCUT2D eigenvalue weighted by Gasteiger charge is 2.48. The van der Waals surface area contributed by atoms with Crippen molar-refractivity contribution in [3.63, 3.8) is 0 Å². The molecule has 4 nitrogen and oxygen atoms in total. The maximum Gasteiger partial charge on any atom is 0.254 e. The Kier molecular flexibility index (Phi) is 3.02. The van der Waals surface area contributed by atoms with E-state index in [1.165, 1.54) is 12.1 Å². The normalized spacial score (nSPS) is 25.3. The second-order valence-corrected chi connectivity index (χ2v) is 5.34. The summed E-state index contributed by atoms with van der Waals surface area (Å²) in [7, 11) is 0. The summed E-state index contributed by atoms with van der Waals surface area (Å²) in [6.45, 7) is 3.73. The lowest BCUT2D eigenvalue weighted by atomic mass is 9.64. The number of hydrogen-bond donors (Lipinski definition) is 3. The minimum absolute atomic E-state index is 0.0265. The number of carbonyl (C=O) groups excluding carboxylic acids is 1. The quantitative estimate of drug-likeness (QED) is 0.694. The van der Waals surface area contributed by atoms with Gasteiger partial charge < -0.3 is 16.2 Å². The van der Waals surface area contributed by atoms with Gasteiger partial charge in [0.15, 0.2) is 0 Å². The van der Waals surface area contributed by atoms with E-state index in [1.807, 2.05) is 13.8 Å². The van der Waals surface area contributed by atoms with Gasteiger partial charge in [-0.15, -0.1) is 0 Å². The molecule has 0 radical (unpaired) electrons. The molecular formula is C13H17FN2O2. The molecule has 98 valence electrons. The lowest BCUT2D eigenvalue weighted by molar-refractivity contribution is -0.0689. The van der Waals surface area contributed by atoms with Gasteiger partial charge in [0.1, 0.15) is 5.82 Å². The first-order valence-corrected chi connectivity index (χ1v) is 5.86. The van der Waals surface area contributed by atoms with E-state index >= 15 is 0 Å². The molecule has 0 heterocycles. The second-order valence-electron chi connectivity index (χ2n) is 5.34. The maximum absolute atomic E-state index is 13.6. The molecule has 1 aliphatic carbocycles. The molecular weight excluding hydrogens is 235 g/mol. The smallest absolute Gasteiger partial charge is 0.254 e. The van der Waals surface area contributed by atoms with Crippen LogP contribution in [0.25, 0.3) is 0 Å². The molecule has 0 aliphatic heterocycles. The van der Waals surface area contributed by atoms with Gasteiger partial charge in [0.25, 0.3) is 5.91 Å². The van der Waals surface area contributed by atoms with Gasteiger partial charge in [0.05, 0.1) is 11.7 Å². The van der Waals surface area contributed by atoms with Gasteiger partial charge in [-0.05, 0) is 24.6 Å². The van der Waals surface area contributed by atoms with Gasteiger partial charge in [-0.1, -0.05) is 13.8 Å². The summed E-state index contributed by atoms with van der Waals surface area (Å²) in [5.74, 6) is -1.11. The molecule has 2 atom stereocenters. The van der Waals surface area contributed by atoms with Gasteiger partial charge >= 0.3 is 0 Å². The average Bonchev–Trinajstić information content (AvgIpc) is 2.28. The number of aliphatic hydroxyl groups excluding tert-OH is 1. The Morgan fingerprint density at radius 1 is 1.56 bits per heavy atom. The lowest BCUT2D eigenvalue weighted by Gasteiger charge is -2.49. The van der Waals surface area contributed by atoms with E-state index < -0.39 is 17.8 Å². The SMILES string of the molecule is CC1(C)C(O)CC1NC(=O)c1ccc(N)cc1F. The molecule has 4 N–H and O–H groups in total. The zero-order chi connectivity index (χ0) is 13.5. The van der Waals surface area contributed by atoms with E-state index in [0.717, 1.165) is 6.07 Å². The Morgan fingerprint density at radius 3 is 2.72 bits per heavy atom. The molecule has 1 fully saturated rings. The first kappa shape index (κ1) is 12.8. The highest BCUT2D eigenvalue weighted by atomic mass is 19.1. The third-order valence-electron chi connectivity index (χ3n) is 3.76. The van der Waals surface area contributed by atoms with Crippen molar-refractivity contribution in [1.82, 2.24) is 5.32 Å². The molecule has 0 spiro atoms. The third-order valence-corrected chi connectivity index (χ3v) is 3.76. The summed E-state index contributed by atoms with van der Waals surface area (Å²) in [4.78, 5) is 11.9. The molecule has 1 aliphatic rings. The lowest BCUT2D eigenvalue weighted by Crippen LogP contribution is -2.61. The van der Waals surface area contributed by atoms with Gasteiger partial charge in [0, 0.05) is 17.1 Å². The van der Waals surface area contributed by atoms with Crippen molar-refractivity contribution < 1.29 is 14.3 Å². The largest absolute Gasteiger partial charge is 0.399 e. The fourth-order valence-electron chi connectivity index (χ4n) is 2.10. The van der Waals surface area contributed by atoms with Crippen LogP contribution in [0.15, 0.2) is 18.2 Å². The average molecular weight is 252 g/mol. The third kappa shape index (κ3) is 2.06. The molecule has 2 rings (SSSR count). The fourth-order valence-corrected chi connectivity index (χ4v) is 2.10. The van der Waals surface area contributed by atoms with Crippen molar-refractivity contribution in [2.45, 2.75) is 32.4 Å². The highest BCUT2D eigenvalue weighted by Crippen LogP contribution is 2.40. The number of rotatable bonds is 2. The highest BCUT2D eigenvalue weighted by molar-refractivity contribution is 5.95. The van der Waals surface area contributed by atoms with E-state index in [4.69, 9.17) is 5.73 Å². The van der Waals surface area contributed by atoms with E-state index in [0.29, 0.717) is 6.42 Å². The van der Waals surface area contributed by atoms with Crippen LogP contribution in [-0.2, 0) is 0 Å². The number of carbonyl (C=O) groups is 1. The van der Waals surface area contributed by atoms with Crippen molar-refractivity contribution in [2.24, 2.45) is 5.41 Å². The maximum atomic E-state index is 13.6. The summed E-state index contributed by atoms with van der Waals surface area (Å²) >= 11 is 0. The number of nitrogens with one attached hydrogen (secondary N) is 1. The van der Waals surface area contributed by atoms with E-state index in [9.17, 15) is 14.3 Å². The van der Waals surface area contributed by atoms with Crippen LogP contribution >= 0.6 is 0 Å². The van der Waals surface area contributed by atoms with E-state index in [1.54, 1.807) is 0 Å². The molecule has 1 aromatic rings. The minimum Gasteiger partial charge on any atom is -0.399 e. The Hall–Kier alpha value is -1.62. The zero-order valence-corrected chi connectivity index (χ0v) is 10.4. The van der Waals surface area contributed by atoms with Crippen molar-refractivity contribution >= 4 is 11.6 Å². The van der Waals surface area contributed by atoms with Crippen LogP contribution in [0.3, 0.4) is 0 Å². The van der Waals surface area contributed by atoms with Crippen LogP contribution in [0.5, 0.6) is 0 Å². The number of anilines is 1. The predicted molar refractivity (Wildman–Crippen MR) is 66.5 cm³/mol. The van der Waals surface area contributed by atoms with Gasteiger partial charge in [-0.25, -0.2) is 4.39 Å². The van der Waals surface area contributed by atoms with Crippen molar-refractivity contribution in [1.29, 1.82) is 0 Å². The van der Waals surface area contributed by atoms with Crippen LogP contribution in [0.1, 0.15) is 30.6 Å². The predicted octanol–water partition coefficient (Wildman–Crippen LogP) is 1.30. The summed E-state index contributed by atoms with van der Waals surface area (Å²) in [6, 6.07) is 3.83. The number of aliphatic hydroxyl groups is 1. The number of benzene rings is 1. The molecule has 18 heavy (non-hydrogen) atoms. The molecule has 1 amide bonds. The van der Waals surface area contributed by atoms with Gasteiger partial charge in [-0.2, -0.15) is 0 Å². The van der Waals surface area contributed by atoms with E-state index in [2.05, 4.69) is 5.32 Å². The van der Waals surface area contributed by atoms with Crippen LogP contribution in [-0.4, -0.2) is 23.2 Å². The zero-order valence-electron chi connectivity index (χ0n) is 10.4. The number of amides is 1. The summed E-state index contributed by atoms with van der Waals surface area (Å²) in [5, 5.41) is 12.3. The molecule has 5 heteroatoms. The summed E-state index contributed by atoms with van der Waals surface area (Å²) < 4.78 is 13.6. The van der Waals surface area contributed by atoms with Gasteiger partial charge in [-0.3, -0.25) is 4.79 Å².